The lowest BCUT2D eigenvalue weighted by atomic mass is 10.2. The third kappa shape index (κ3) is 4.30. The standard InChI is InChI=1S/C13H9ClF2N2O2S/c14-10-5-7(12(19)20)6-11(18-10)17-8-3-1-2-4-9(8)21-13(15)16/h1-6,13H,(H,17,18)(H,19,20). The smallest absolute Gasteiger partial charge is 0.335 e. The van der Waals surface area contributed by atoms with Crippen LogP contribution in [0, 0.1) is 0 Å². The second kappa shape index (κ2) is 6.73. The lowest BCUT2D eigenvalue weighted by Crippen LogP contribution is -2.01. The molecule has 110 valence electrons. The number of nitrogens with zero attached hydrogens (tertiary/aromatic N) is 1. The van der Waals surface area contributed by atoms with Crippen LogP contribution in [0.25, 0.3) is 0 Å². The first kappa shape index (κ1) is 15.5. The van der Waals surface area contributed by atoms with E-state index in [-0.39, 0.29) is 16.5 Å². The third-order valence-corrected chi connectivity index (χ3v) is 3.39. The molecule has 0 atom stereocenters. The van der Waals surface area contributed by atoms with Crippen molar-refractivity contribution < 1.29 is 18.7 Å². The van der Waals surface area contributed by atoms with Crippen LogP contribution in [-0.4, -0.2) is 21.8 Å². The number of benzene rings is 1. The van der Waals surface area contributed by atoms with Crippen LogP contribution in [0.4, 0.5) is 20.3 Å². The van der Waals surface area contributed by atoms with Gasteiger partial charge in [-0.3, -0.25) is 0 Å². The summed E-state index contributed by atoms with van der Waals surface area (Å²) in [5.41, 5.74) is 0.352. The molecular formula is C13H9ClF2N2O2S. The minimum absolute atomic E-state index is 0.00334. The van der Waals surface area contributed by atoms with E-state index in [9.17, 15) is 13.6 Å². The predicted octanol–water partition coefficient (Wildman–Crippen LogP) is 4.49. The molecule has 0 fully saturated rings. The van der Waals surface area contributed by atoms with E-state index in [4.69, 9.17) is 16.7 Å². The number of pyridine rings is 1. The Balaban J connectivity index is 2.32. The molecule has 1 heterocycles. The molecular weight excluding hydrogens is 322 g/mol. The van der Waals surface area contributed by atoms with E-state index in [1.54, 1.807) is 18.2 Å². The zero-order chi connectivity index (χ0) is 15.4. The molecule has 8 heteroatoms. The number of carboxylic acids is 1. The Kier molecular flexibility index (Phi) is 4.98. The van der Waals surface area contributed by atoms with Gasteiger partial charge < -0.3 is 10.4 Å². The predicted molar refractivity (Wildman–Crippen MR) is 77.8 cm³/mol. The average molecular weight is 331 g/mol. The SMILES string of the molecule is O=C(O)c1cc(Cl)nc(Nc2ccccc2SC(F)F)c1. The number of anilines is 2. The van der Waals surface area contributed by atoms with Crippen molar-refractivity contribution in [1.82, 2.24) is 4.98 Å². The van der Waals surface area contributed by atoms with Gasteiger partial charge in [-0.15, -0.1) is 0 Å². The number of alkyl halides is 2. The second-order valence-electron chi connectivity index (χ2n) is 3.87. The molecule has 0 amide bonds. The van der Waals surface area contributed by atoms with Gasteiger partial charge in [-0.25, -0.2) is 9.78 Å². The van der Waals surface area contributed by atoms with E-state index in [0.29, 0.717) is 22.3 Å². The Morgan fingerprint density at radius 1 is 1.33 bits per heavy atom. The first-order valence-electron chi connectivity index (χ1n) is 5.67. The van der Waals surface area contributed by atoms with Crippen molar-refractivity contribution in [1.29, 1.82) is 0 Å². The van der Waals surface area contributed by atoms with Crippen molar-refractivity contribution in [2.24, 2.45) is 0 Å². The lowest BCUT2D eigenvalue weighted by Gasteiger charge is -2.11. The molecule has 0 spiro atoms. The van der Waals surface area contributed by atoms with Gasteiger partial charge in [-0.05, 0) is 24.3 Å². The zero-order valence-electron chi connectivity index (χ0n) is 10.4. The van der Waals surface area contributed by atoms with Crippen LogP contribution < -0.4 is 5.32 Å². The molecule has 1 aromatic carbocycles. The van der Waals surface area contributed by atoms with Gasteiger partial charge in [0, 0.05) is 4.90 Å². The van der Waals surface area contributed by atoms with Crippen LogP contribution in [0.5, 0.6) is 0 Å². The molecule has 0 aliphatic rings. The molecule has 2 rings (SSSR count). The highest BCUT2D eigenvalue weighted by Crippen LogP contribution is 2.33. The summed E-state index contributed by atoms with van der Waals surface area (Å²) in [5, 5.41) is 11.8. The highest BCUT2D eigenvalue weighted by atomic mass is 35.5. The number of nitrogens with one attached hydrogen (secondary N) is 1. The number of rotatable bonds is 5. The Bertz CT molecular complexity index is 670. The maximum Gasteiger partial charge on any atom is 0.335 e. The molecule has 0 aliphatic carbocycles. The summed E-state index contributed by atoms with van der Waals surface area (Å²) in [6.45, 7) is 0. The Morgan fingerprint density at radius 2 is 2.05 bits per heavy atom. The number of hydrogen-bond acceptors (Lipinski definition) is 4. The first-order valence-corrected chi connectivity index (χ1v) is 6.93. The molecule has 2 N–H and O–H groups in total. The quantitative estimate of drug-likeness (QED) is 0.624. The summed E-state index contributed by atoms with van der Waals surface area (Å²) in [4.78, 5) is 15.2. The molecule has 0 aliphatic heterocycles. The number of para-hydroxylation sites is 1. The van der Waals surface area contributed by atoms with Gasteiger partial charge in [0.15, 0.2) is 0 Å². The monoisotopic (exact) mass is 330 g/mol. The van der Waals surface area contributed by atoms with E-state index >= 15 is 0 Å². The number of thioether (sulfide) groups is 1. The van der Waals surface area contributed by atoms with Crippen molar-refractivity contribution in [3.05, 3.63) is 47.1 Å². The summed E-state index contributed by atoms with van der Waals surface area (Å²) in [6, 6.07) is 8.90. The van der Waals surface area contributed by atoms with Crippen LogP contribution in [0.15, 0.2) is 41.3 Å². The fourth-order valence-electron chi connectivity index (χ4n) is 1.59. The summed E-state index contributed by atoms with van der Waals surface area (Å²) in [7, 11) is 0. The molecule has 1 aromatic heterocycles. The van der Waals surface area contributed by atoms with Crippen LogP contribution in [0.3, 0.4) is 0 Å². The minimum atomic E-state index is -2.56. The van der Waals surface area contributed by atoms with Gasteiger partial charge in [0.1, 0.15) is 11.0 Å². The van der Waals surface area contributed by atoms with Crippen LogP contribution in [-0.2, 0) is 0 Å². The molecule has 0 saturated carbocycles. The Morgan fingerprint density at radius 3 is 2.71 bits per heavy atom. The van der Waals surface area contributed by atoms with Crippen LogP contribution in [0.1, 0.15) is 10.4 Å². The molecule has 4 nitrogen and oxygen atoms in total. The number of hydrogen-bond donors (Lipinski definition) is 2. The van der Waals surface area contributed by atoms with Crippen molar-refractivity contribution >= 4 is 40.8 Å². The largest absolute Gasteiger partial charge is 0.478 e. The summed E-state index contributed by atoms with van der Waals surface area (Å²) < 4.78 is 25.0. The van der Waals surface area contributed by atoms with Crippen LogP contribution in [0.2, 0.25) is 5.15 Å². The van der Waals surface area contributed by atoms with Gasteiger partial charge in [0.05, 0.1) is 11.3 Å². The average Bonchev–Trinajstić information content (AvgIpc) is 2.39. The fraction of sp³-hybridized carbons (Fsp3) is 0.0769. The summed E-state index contributed by atoms with van der Waals surface area (Å²) in [5.74, 6) is -3.55. The summed E-state index contributed by atoms with van der Waals surface area (Å²) in [6.07, 6.45) is 0. The maximum atomic E-state index is 12.5. The molecule has 0 saturated heterocycles. The molecule has 0 radical (unpaired) electrons. The van der Waals surface area contributed by atoms with Crippen molar-refractivity contribution in [2.45, 2.75) is 10.7 Å². The normalized spacial score (nSPS) is 10.7. The van der Waals surface area contributed by atoms with Crippen molar-refractivity contribution in [3.8, 4) is 0 Å². The highest BCUT2D eigenvalue weighted by Gasteiger charge is 2.12. The van der Waals surface area contributed by atoms with E-state index in [1.165, 1.54) is 18.2 Å². The lowest BCUT2D eigenvalue weighted by molar-refractivity contribution is 0.0697. The first-order chi connectivity index (χ1) is 9.95. The molecule has 0 unspecified atom stereocenters. The van der Waals surface area contributed by atoms with Gasteiger partial charge in [-0.2, -0.15) is 8.78 Å². The van der Waals surface area contributed by atoms with Gasteiger partial charge in [0.2, 0.25) is 0 Å². The molecule has 21 heavy (non-hydrogen) atoms. The Hall–Kier alpha value is -1.86. The van der Waals surface area contributed by atoms with E-state index in [1.807, 2.05) is 0 Å². The van der Waals surface area contributed by atoms with E-state index < -0.39 is 11.7 Å². The highest BCUT2D eigenvalue weighted by molar-refractivity contribution is 7.99. The second-order valence-corrected chi connectivity index (χ2v) is 5.29. The Labute approximate surface area is 128 Å². The minimum Gasteiger partial charge on any atom is -0.478 e. The number of aromatic carboxylic acids is 1. The number of aromatic nitrogens is 1. The molecule has 0 bridgehead atoms. The van der Waals surface area contributed by atoms with Crippen molar-refractivity contribution in [2.75, 3.05) is 5.32 Å². The van der Waals surface area contributed by atoms with E-state index in [0.717, 1.165) is 0 Å². The van der Waals surface area contributed by atoms with E-state index in [2.05, 4.69) is 10.3 Å². The topological polar surface area (TPSA) is 62.2 Å². The van der Waals surface area contributed by atoms with Crippen molar-refractivity contribution in [3.63, 3.8) is 0 Å². The van der Waals surface area contributed by atoms with Gasteiger partial charge >= 0.3 is 5.97 Å². The maximum absolute atomic E-state index is 12.5. The van der Waals surface area contributed by atoms with Gasteiger partial charge in [0.25, 0.3) is 5.76 Å². The third-order valence-electron chi connectivity index (χ3n) is 2.41. The van der Waals surface area contributed by atoms with Gasteiger partial charge in [-0.1, -0.05) is 35.5 Å². The number of halogens is 3. The molecule has 2 aromatic rings. The fourth-order valence-corrected chi connectivity index (χ4v) is 2.39. The number of carbonyl (C=O) groups is 1. The number of carboxylic acid groups (broad SMARTS) is 1. The zero-order valence-corrected chi connectivity index (χ0v) is 12.0. The van der Waals surface area contributed by atoms with Crippen LogP contribution >= 0.6 is 23.4 Å². The summed E-state index contributed by atoms with van der Waals surface area (Å²) >= 11 is 6.13.